The monoisotopic (exact) mass is 420 g/mol. The number of rotatable bonds is 4. The Hall–Kier alpha value is -3.13. The normalized spacial score (nSPS) is 11.2. The molecule has 0 aliphatic rings. The molecule has 3 rings (SSSR count). The zero-order valence-corrected chi connectivity index (χ0v) is 16.2. The summed E-state index contributed by atoms with van der Waals surface area (Å²) in [5.41, 5.74) is 1.56. The van der Waals surface area contributed by atoms with Gasteiger partial charge in [-0.05, 0) is 62.4 Å². The molecule has 0 unspecified atom stereocenters. The van der Waals surface area contributed by atoms with Crippen LogP contribution in [-0.2, 0) is 6.18 Å². The summed E-state index contributed by atoms with van der Waals surface area (Å²) >= 11 is 5.59. The van der Waals surface area contributed by atoms with Gasteiger partial charge in [0.15, 0.2) is 0 Å². The molecule has 5 nitrogen and oxygen atoms in total. The smallest absolute Gasteiger partial charge is 0.324 e. The van der Waals surface area contributed by atoms with E-state index in [2.05, 4.69) is 20.6 Å². The molecule has 29 heavy (non-hydrogen) atoms. The van der Waals surface area contributed by atoms with Crippen LogP contribution in [-0.4, -0.2) is 15.9 Å². The number of nitrogens with zero attached hydrogens (tertiary/aromatic N) is 2. The van der Waals surface area contributed by atoms with Crippen LogP contribution in [0.5, 0.6) is 0 Å². The van der Waals surface area contributed by atoms with Crippen molar-refractivity contribution < 1.29 is 18.0 Å². The van der Waals surface area contributed by atoms with Gasteiger partial charge in [0, 0.05) is 28.3 Å². The van der Waals surface area contributed by atoms with Crippen molar-refractivity contribution in [3.05, 3.63) is 76.1 Å². The third-order valence-corrected chi connectivity index (χ3v) is 4.24. The summed E-state index contributed by atoms with van der Waals surface area (Å²) in [6, 6.07) is 11.4. The molecule has 150 valence electrons. The molecule has 1 aromatic heterocycles. The molecule has 1 heterocycles. The number of halogens is 4. The van der Waals surface area contributed by atoms with Crippen molar-refractivity contribution >= 4 is 34.8 Å². The quantitative estimate of drug-likeness (QED) is 0.563. The highest BCUT2D eigenvalue weighted by Gasteiger charge is 2.33. The van der Waals surface area contributed by atoms with Gasteiger partial charge in [0.1, 0.15) is 0 Å². The number of carbonyl (C=O) groups excluding carboxylic acids is 1. The average Bonchev–Trinajstić information content (AvgIpc) is 2.62. The zero-order valence-electron chi connectivity index (χ0n) is 15.4. The maximum atomic E-state index is 12.9. The number of aromatic nitrogens is 2. The molecular weight excluding hydrogens is 405 g/mol. The predicted octanol–water partition coefficient (Wildman–Crippen LogP) is 5.76. The van der Waals surface area contributed by atoms with Crippen LogP contribution in [0.1, 0.15) is 27.3 Å². The molecule has 2 aromatic carbocycles. The van der Waals surface area contributed by atoms with Crippen molar-refractivity contribution in [3.8, 4) is 0 Å². The molecule has 0 atom stereocenters. The highest BCUT2D eigenvalue weighted by Crippen LogP contribution is 2.36. The Labute approximate surface area is 170 Å². The number of anilines is 3. The Kier molecular flexibility index (Phi) is 5.74. The number of alkyl halides is 3. The summed E-state index contributed by atoms with van der Waals surface area (Å²) in [6.07, 6.45) is -4.61. The van der Waals surface area contributed by atoms with Gasteiger partial charge in [-0.25, -0.2) is 9.97 Å². The van der Waals surface area contributed by atoms with E-state index in [-0.39, 0.29) is 11.3 Å². The fourth-order valence-electron chi connectivity index (χ4n) is 2.64. The van der Waals surface area contributed by atoms with Gasteiger partial charge in [-0.15, -0.1) is 0 Å². The largest absolute Gasteiger partial charge is 0.417 e. The SMILES string of the molecule is Cc1cc(C)nc(Nc2ccc(C(=O)Nc3ccc(Cl)c(C(F)(F)F)c3)cc2)n1. The molecule has 3 aromatic rings. The maximum absolute atomic E-state index is 12.9. The van der Waals surface area contributed by atoms with Crippen molar-refractivity contribution in [1.82, 2.24) is 9.97 Å². The van der Waals surface area contributed by atoms with Crippen molar-refractivity contribution in [1.29, 1.82) is 0 Å². The first kappa shape index (κ1) is 20.6. The molecule has 0 radical (unpaired) electrons. The van der Waals surface area contributed by atoms with Gasteiger partial charge >= 0.3 is 6.18 Å². The van der Waals surface area contributed by atoms with E-state index >= 15 is 0 Å². The second-order valence-corrected chi connectivity index (χ2v) is 6.73. The lowest BCUT2D eigenvalue weighted by atomic mass is 10.1. The summed E-state index contributed by atoms with van der Waals surface area (Å²) in [5.74, 6) is -0.116. The summed E-state index contributed by atoms with van der Waals surface area (Å²) in [4.78, 5) is 20.9. The fourth-order valence-corrected chi connectivity index (χ4v) is 2.86. The van der Waals surface area contributed by atoms with Crippen molar-refractivity contribution in [2.24, 2.45) is 0 Å². The van der Waals surface area contributed by atoms with Crippen molar-refractivity contribution in [2.45, 2.75) is 20.0 Å². The molecule has 0 spiro atoms. The third-order valence-electron chi connectivity index (χ3n) is 3.92. The Morgan fingerprint density at radius 2 is 1.52 bits per heavy atom. The first-order valence-corrected chi connectivity index (χ1v) is 8.87. The number of benzene rings is 2. The van der Waals surface area contributed by atoms with Gasteiger partial charge in [-0.1, -0.05) is 11.6 Å². The maximum Gasteiger partial charge on any atom is 0.417 e. The van der Waals surface area contributed by atoms with E-state index in [1.807, 2.05) is 19.9 Å². The summed E-state index contributed by atoms with van der Waals surface area (Å²) in [7, 11) is 0. The minimum atomic E-state index is -4.61. The van der Waals surface area contributed by atoms with Crippen LogP contribution < -0.4 is 10.6 Å². The second kappa shape index (κ2) is 8.08. The van der Waals surface area contributed by atoms with Crippen LogP contribution in [0.2, 0.25) is 5.02 Å². The van der Waals surface area contributed by atoms with E-state index in [0.717, 1.165) is 23.5 Å². The predicted molar refractivity (Wildman–Crippen MR) is 106 cm³/mol. The lowest BCUT2D eigenvalue weighted by Gasteiger charge is -2.12. The van der Waals surface area contributed by atoms with E-state index in [9.17, 15) is 18.0 Å². The zero-order chi connectivity index (χ0) is 21.2. The van der Waals surface area contributed by atoms with Gasteiger partial charge in [0.05, 0.1) is 10.6 Å². The van der Waals surface area contributed by atoms with Gasteiger partial charge in [-0.3, -0.25) is 4.79 Å². The number of nitrogens with one attached hydrogen (secondary N) is 2. The van der Waals surface area contributed by atoms with Gasteiger partial charge < -0.3 is 10.6 Å². The van der Waals surface area contributed by atoms with Crippen LogP contribution in [0.4, 0.5) is 30.5 Å². The van der Waals surface area contributed by atoms with E-state index in [0.29, 0.717) is 11.6 Å². The molecule has 0 saturated carbocycles. The number of aryl methyl sites for hydroxylation is 2. The van der Waals surface area contributed by atoms with Crippen molar-refractivity contribution in [3.63, 3.8) is 0 Å². The van der Waals surface area contributed by atoms with Gasteiger partial charge in [-0.2, -0.15) is 13.2 Å². The minimum Gasteiger partial charge on any atom is -0.324 e. The van der Waals surface area contributed by atoms with E-state index in [1.54, 1.807) is 24.3 Å². The Bertz CT molecular complexity index is 1030. The van der Waals surface area contributed by atoms with Crippen LogP contribution in [0.25, 0.3) is 0 Å². The highest BCUT2D eigenvalue weighted by atomic mass is 35.5. The topological polar surface area (TPSA) is 66.9 Å². The molecule has 0 aliphatic heterocycles. The van der Waals surface area contributed by atoms with E-state index in [4.69, 9.17) is 11.6 Å². The third kappa shape index (κ3) is 5.23. The molecule has 9 heteroatoms. The fraction of sp³-hybridized carbons (Fsp3) is 0.150. The second-order valence-electron chi connectivity index (χ2n) is 6.32. The van der Waals surface area contributed by atoms with E-state index in [1.165, 1.54) is 6.07 Å². The molecule has 0 saturated heterocycles. The molecule has 0 fully saturated rings. The van der Waals surface area contributed by atoms with Gasteiger partial charge in [0.25, 0.3) is 5.91 Å². The van der Waals surface area contributed by atoms with Crippen LogP contribution in [0.15, 0.2) is 48.5 Å². The molecule has 1 amide bonds. The Morgan fingerprint density at radius 1 is 0.931 bits per heavy atom. The average molecular weight is 421 g/mol. The van der Waals surface area contributed by atoms with Crippen LogP contribution in [0, 0.1) is 13.8 Å². The van der Waals surface area contributed by atoms with E-state index < -0.39 is 22.7 Å². The highest BCUT2D eigenvalue weighted by molar-refractivity contribution is 6.31. The van der Waals surface area contributed by atoms with Crippen LogP contribution in [0.3, 0.4) is 0 Å². The molecule has 0 bridgehead atoms. The van der Waals surface area contributed by atoms with Gasteiger partial charge in [0.2, 0.25) is 5.95 Å². The Balaban J connectivity index is 1.72. The molecule has 0 aliphatic carbocycles. The standard InChI is InChI=1S/C20H16ClF3N4O/c1-11-9-12(2)26-19(25-11)28-14-5-3-13(4-6-14)18(29)27-15-7-8-17(21)16(10-15)20(22,23)24/h3-10H,1-2H3,(H,27,29)(H,25,26,28). The first-order chi connectivity index (χ1) is 13.6. The Morgan fingerprint density at radius 3 is 2.10 bits per heavy atom. The number of amides is 1. The lowest BCUT2D eigenvalue weighted by molar-refractivity contribution is -0.137. The molecule has 2 N–H and O–H groups in total. The van der Waals surface area contributed by atoms with Crippen molar-refractivity contribution in [2.75, 3.05) is 10.6 Å². The summed E-state index contributed by atoms with van der Waals surface area (Å²) in [5, 5.41) is 5.05. The summed E-state index contributed by atoms with van der Waals surface area (Å²) in [6.45, 7) is 3.71. The number of hydrogen-bond acceptors (Lipinski definition) is 4. The first-order valence-electron chi connectivity index (χ1n) is 8.49. The summed E-state index contributed by atoms with van der Waals surface area (Å²) < 4.78 is 38.8. The minimum absolute atomic E-state index is 0.00226. The lowest BCUT2D eigenvalue weighted by Crippen LogP contribution is -2.13. The van der Waals surface area contributed by atoms with Crippen LogP contribution >= 0.6 is 11.6 Å². The number of hydrogen-bond donors (Lipinski definition) is 2. The molecular formula is C20H16ClF3N4O. The number of carbonyl (C=O) groups is 1.